The maximum atomic E-state index is 13.0. The van der Waals surface area contributed by atoms with Gasteiger partial charge in [-0.05, 0) is 31.6 Å². The highest BCUT2D eigenvalue weighted by Crippen LogP contribution is 2.39. The standard InChI is InChI=1S/C7H14FP/c1-6-2-4-7(8,9)5-3-6/h6H,2-5,9H2,1H3. The Labute approximate surface area is 58.4 Å². The summed E-state index contributed by atoms with van der Waals surface area (Å²) in [7, 11) is 2.31. The van der Waals surface area contributed by atoms with E-state index in [2.05, 4.69) is 16.2 Å². The van der Waals surface area contributed by atoms with E-state index in [9.17, 15) is 4.39 Å². The van der Waals surface area contributed by atoms with Gasteiger partial charge in [-0.15, -0.1) is 0 Å². The van der Waals surface area contributed by atoms with Crippen LogP contribution in [0.5, 0.6) is 0 Å². The van der Waals surface area contributed by atoms with Gasteiger partial charge in [0.1, 0.15) is 5.41 Å². The minimum atomic E-state index is -0.924. The van der Waals surface area contributed by atoms with E-state index in [4.69, 9.17) is 0 Å². The molecule has 1 aliphatic carbocycles. The molecule has 0 aromatic carbocycles. The molecule has 1 aliphatic rings. The van der Waals surface area contributed by atoms with Gasteiger partial charge in [0.25, 0.3) is 0 Å². The van der Waals surface area contributed by atoms with Gasteiger partial charge in [-0.1, -0.05) is 16.2 Å². The van der Waals surface area contributed by atoms with Crippen LogP contribution in [0.25, 0.3) is 0 Å². The summed E-state index contributed by atoms with van der Waals surface area (Å²) < 4.78 is 13.0. The summed E-state index contributed by atoms with van der Waals surface area (Å²) in [6, 6.07) is 0. The molecule has 0 aromatic rings. The maximum absolute atomic E-state index is 13.0. The van der Waals surface area contributed by atoms with Crippen LogP contribution in [-0.2, 0) is 0 Å². The normalized spacial score (nSPS) is 45.0. The zero-order valence-electron chi connectivity index (χ0n) is 5.86. The molecule has 0 aromatic heterocycles. The van der Waals surface area contributed by atoms with Crippen molar-refractivity contribution in [2.45, 2.75) is 38.0 Å². The molecule has 1 atom stereocenters. The lowest BCUT2D eigenvalue weighted by atomic mass is 9.89. The fourth-order valence-electron chi connectivity index (χ4n) is 1.24. The average Bonchev–Trinajstić information content (AvgIpc) is 1.78. The molecule has 0 saturated heterocycles. The Kier molecular flexibility index (Phi) is 2.10. The molecule has 0 radical (unpaired) electrons. The van der Waals surface area contributed by atoms with E-state index in [1.807, 2.05) is 0 Å². The van der Waals surface area contributed by atoms with Crippen LogP contribution in [0.4, 0.5) is 4.39 Å². The van der Waals surface area contributed by atoms with Crippen LogP contribution in [0.2, 0.25) is 0 Å². The third kappa shape index (κ3) is 2.21. The first-order valence-electron chi connectivity index (χ1n) is 3.58. The Bertz CT molecular complexity index is 91.1. The molecule has 1 saturated carbocycles. The van der Waals surface area contributed by atoms with Gasteiger partial charge in [0.2, 0.25) is 0 Å². The second-order valence-electron chi connectivity index (χ2n) is 3.22. The predicted octanol–water partition coefficient (Wildman–Crippen LogP) is 2.74. The highest BCUT2D eigenvalue weighted by atomic mass is 31.0. The van der Waals surface area contributed by atoms with Gasteiger partial charge < -0.3 is 0 Å². The van der Waals surface area contributed by atoms with Crippen LogP contribution in [0.1, 0.15) is 32.6 Å². The molecule has 2 heteroatoms. The van der Waals surface area contributed by atoms with Gasteiger partial charge in [0.05, 0.1) is 0 Å². The Morgan fingerprint density at radius 1 is 1.44 bits per heavy atom. The average molecular weight is 148 g/mol. The Hall–Kier alpha value is 0.360. The second kappa shape index (κ2) is 2.54. The molecular formula is C7H14FP. The summed E-state index contributed by atoms with van der Waals surface area (Å²) in [6.07, 6.45) is 3.58. The van der Waals surface area contributed by atoms with E-state index >= 15 is 0 Å². The first-order chi connectivity index (χ1) is 4.10. The van der Waals surface area contributed by atoms with Crippen LogP contribution >= 0.6 is 9.24 Å². The Morgan fingerprint density at radius 3 is 2.22 bits per heavy atom. The molecule has 0 heterocycles. The van der Waals surface area contributed by atoms with Crippen LogP contribution < -0.4 is 0 Å². The largest absolute Gasteiger partial charge is 0.240 e. The molecule has 0 amide bonds. The summed E-state index contributed by atoms with van der Waals surface area (Å²) in [5.74, 6) is 0.745. The van der Waals surface area contributed by atoms with E-state index < -0.39 is 5.41 Å². The minimum absolute atomic E-state index is 0.735. The van der Waals surface area contributed by atoms with Crippen LogP contribution in [0, 0.1) is 5.92 Å². The van der Waals surface area contributed by atoms with Gasteiger partial charge >= 0.3 is 0 Å². The first-order valence-corrected chi connectivity index (χ1v) is 4.16. The smallest absolute Gasteiger partial charge is 0.123 e. The lowest BCUT2D eigenvalue weighted by Crippen LogP contribution is -2.21. The van der Waals surface area contributed by atoms with Gasteiger partial charge in [-0.25, -0.2) is 4.39 Å². The van der Waals surface area contributed by atoms with Gasteiger partial charge in [0.15, 0.2) is 0 Å². The van der Waals surface area contributed by atoms with Crippen molar-refractivity contribution in [3.8, 4) is 0 Å². The lowest BCUT2D eigenvalue weighted by Gasteiger charge is -2.28. The van der Waals surface area contributed by atoms with E-state index in [1.165, 1.54) is 0 Å². The number of hydrogen-bond donors (Lipinski definition) is 0. The number of halogens is 1. The van der Waals surface area contributed by atoms with Crippen molar-refractivity contribution in [3.63, 3.8) is 0 Å². The molecule has 54 valence electrons. The number of alkyl halides is 1. The van der Waals surface area contributed by atoms with E-state index in [-0.39, 0.29) is 0 Å². The number of hydrogen-bond acceptors (Lipinski definition) is 0. The molecule has 1 fully saturated rings. The zero-order valence-corrected chi connectivity index (χ0v) is 7.02. The molecule has 9 heavy (non-hydrogen) atoms. The highest BCUT2D eigenvalue weighted by Gasteiger charge is 2.28. The van der Waals surface area contributed by atoms with Gasteiger partial charge in [-0.2, -0.15) is 0 Å². The van der Waals surface area contributed by atoms with Gasteiger partial charge in [-0.3, -0.25) is 0 Å². The zero-order chi connectivity index (χ0) is 6.91. The van der Waals surface area contributed by atoms with Crippen molar-refractivity contribution >= 4 is 9.24 Å². The van der Waals surface area contributed by atoms with Crippen LogP contribution in [0.15, 0.2) is 0 Å². The lowest BCUT2D eigenvalue weighted by molar-refractivity contribution is 0.181. The summed E-state index contributed by atoms with van der Waals surface area (Å²) in [6.45, 7) is 2.19. The molecule has 0 nitrogen and oxygen atoms in total. The number of rotatable bonds is 0. The maximum Gasteiger partial charge on any atom is 0.123 e. The molecule has 0 N–H and O–H groups in total. The Balaban J connectivity index is 2.35. The quantitative estimate of drug-likeness (QED) is 0.463. The van der Waals surface area contributed by atoms with E-state index in [0.717, 1.165) is 31.6 Å². The highest BCUT2D eigenvalue weighted by molar-refractivity contribution is 7.18. The third-order valence-corrected chi connectivity index (χ3v) is 2.68. The summed E-state index contributed by atoms with van der Waals surface area (Å²) in [5, 5.41) is -0.924. The predicted molar refractivity (Wildman–Crippen MR) is 41.2 cm³/mol. The fraction of sp³-hybridized carbons (Fsp3) is 1.00. The van der Waals surface area contributed by atoms with Crippen molar-refractivity contribution in [3.05, 3.63) is 0 Å². The van der Waals surface area contributed by atoms with Crippen molar-refractivity contribution in [2.24, 2.45) is 5.92 Å². The summed E-state index contributed by atoms with van der Waals surface area (Å²) >= 11 is 0. The molecular weight excluding hydrogens is 134 g/mol. The summed E-state index contributed by atoms with van der Waals surface area (Å²) in [4.78, 5) is 0. The van der Waals surface area contributed by atoms with Crippen molar-refractivity contribution in [1.29, 1.82) is 0 Å². The van der Waals surface area contributed by atoms with Crippen molar-refractivity contribution in [1.82, 2.24) is 0 Å². The molecule has 0 bridgehead atoms. The van der Waals surface area contributed by atoms with Crippen molar-refractivity contribution < 1.29 is 4.39 Å². The molecule has 0 aliphatic heterocycles. The van der Waals surface area contributed by atoms with Gasteiger partial charge in [0, 0.05) is 0 Å². The van der Waals surface area contributed by atoms with E-state index in [0.29, 0.717) is 0 Å². The van der Waals surface area contributed by atoms with Crippen LogP contribution in [0.3, 0.4) is 0 Å². The van der Waals surface area contributed by atoms with Crippen molar-refractivity contribution in [2.75, 3.05) is 0 Å². The monoisotopic (exact) mass is 148 g/mol. The second-order valence-corrected chi connectivity index (χ2v) is 4.25. The topological polar surface area (TPSA) is 0 Å². The Morgan fingerprint density at radius 2 is 1.89 bits per heavy atom. The molecule has 1 rings (SSSR count). The van der Waals surface area contributed by atoms with Crippen LogP contribution in [-0.4, -0.2) is 5.41 Å². The first kappa shape index (κ1) is 7.47. The van der Waals surface area contributed by atoms with E-state index in [1.54, 1.807) is 0 Å². The fourth-order valence-corrected chi connectivity index (χ4v) is 1.58. The third-order valence-electron chi connectivity index (χ3n) is 2.11. The molecule has 0 spiro atoms. The SMILES string of the molecule is CC1CCC(F)(P)CC1. The molecule has 1 unspecified atom stereocenters. The summed E-state index contributed by atoms with van der Waals surface area (Å²) in [5.41, 5.74) is 0. The minimum Gasteiger partial charge on any atom is -0.240 e.